The second-order valence-corrected chi connectivity index (χ2v) is 8.17. The van der Waals surface area contributed by atoms with Crippen LogP contribution in [-0.4, -0.2) is 34.5 Å². The molecule has 0 atom stereocenters. The minimum atomic E-state index is -3.68. The molecule has 0 radical (unpaired) electrons. The molecule has 0 aliphatic heterocycles. The van der Waals surface area contributed by atoms with Gasteiger partial charge in [-0.05, 0) is 44.0 Å². The minimum absolute atomic E-state index is 0.0900. The maximum absolute atomic E-state index is 12.8. The molecule has 0 bridgehead atoms. The van der Waals surface area contributed by atoms with E-state index in [9.17, 15) is 13.2 Å². The fraction of sp³-hybridized carbons (Fsp3) is 0.350. The number of anilines is 1. The molecule has 0 aliphatic carbocycles. The molecule has 27 heavy (non-hydrogen) atoms. The van der Waals surface area contributed by atoms with Crippen LogP contribution in [0.4, 0.5) is 5.69 Å². The van der Waals surface area contributed by atoms with E-state index in [0.717, 1.165) is 5.56 Å². The zero-order chi connectivity index (χ0) is 20.2. The summed E-state index contributed by atoms with van der Waals surface area (Å²) in [6.45, 7) is 7.22. The number of amides is 1. The summed E-state index contributed by atoms with van der Waals surface area (Å²) in [5.74, 6) is 0.363. The Kier molecular flexibility index (Phi) is 6.62. The maximum Gasteiger partial charge on any atom is 0.241 e. The average Bonchev–Trinajstić information content (AvgIpc) is 2.57. The van der Waals surface area contributed by atoms with Crippen molar-refractivity contribution in [2.24, 2.45) is 0 Å². The molecule has 0 saturated heterocycles. The quantitative estimate of drug-likeness (QED) is 0.789. The Morgan fingerprint density at radius 2 is 1.70 bits per heavy atom. The van der Waals surface area contributed by atoms with Gasteiger partial charge in [0.05, 0.1) is 17.7 Å². The van der Waals surface area contributed by atoms with Gasteiger partial charge in [0.15, 0.2) is 0 Å². The van der Waals surface area contributed by atoms with Crippen LogP contribution < -0.4 is 14.4 Å². The Bertz CT molecular complexity index is 916. The lowest BCUT2D eigenvalue weighted by Crippen LogP contribution is -2.38. The van der Waals surface area contributed by atoms with E-state index in [-0.39, 0.29) is 19.0 Å². The van der Waals surface area contributed by atoms with Crippen LogP contribution in [0.1, 0.15) is 23.6 Å². The van der Waals surface area contributed by atoms with Gasteiger partial charge in [-0.15, -0.1) is 0 Å². The zero-order valence-corrected chi connectivity index (χ0v) is 17.2. The molecule has 2 aromatic rings. The smallest absolute Gasteiger partial charge is 0.241 e. The Balaban J connectivity index is 2.19. The van der Waals surface area contributed by atoms with Crippen molar-refractivity contribution in [3.8, 4) is 5.75 Å². The van der Waals surface area contributed by atoms with Crippen molar-refractivity contribution < 1.29 is 17.9 Å². The molecule has 146 valence electrons. The Morgan fingerprint density at radius 1 is 1.11 bits per heavy atom. The maximum atomic E-state index is 12.8. The van der Waals surface area contributed by atoms with Gasteiger partial charge in [-0.2, -0.15) is 0 Å². The number of para-hydroxylation sites is 2. The van der Waals surface area contributed by atoms with Crippen LogP contribution >= 0.6 is 0 Å². The van der Waals surface area contributed by atoms with Gasteiger partial charge >= 0.3 is 0 Å². The lowest BCUT2D eigenvalue weighted by molar-refractivity contribution is -0.116. The Hall–Kier alpha value is -2.38. The average molecular weight is 391 g/mol. The largest absolute Gasteiger partial charge is 0.495 e. The highest BCUT2D eigenvalue weighted by Gasteiger charge is 2.21. The third kappa shape index (κ3) is 4.87. The highest BCUT2D eigenvalue weighted by molar-refractivity contribution is 7.89. The summed E-state index contributed by atoms with van der Waals surface area (Å²) in [5, 5.41) is 0. The molecule has 0 aromatic heterocycles. The van der Waals surface area contributed by atoms with Crippen LogP contribution in [0.5, 0.6) is 5.75 Å². The van der Waals surface area contributed by atoms with Gasteiger partial charge in [0.25, 0.3) is 0 Å². The van der Waals surface area contributed by atoms with E-state index >= 15 is 0 Å². The predicted octanol–water partition coefficient (Wildman–Crippen LogP) is 2.95. The SMILES string of the molecule is COc1ccccc1N(CCNS(=O)(=O)c1c(C)cc(C)cc1C)C(C)=O. The number of ether oxygens (including phenoxy) is 1. The number of carbonyl (C=O) groups is 1. The first kappa shape index (κ1) is 20.9. The van der Waals surface area contributed by atoms with Crippen molar-refractivity contribution in [3.63, 3.8) is 0 Å². The Labute approximate surface area is 161 Å². The monoisotopic (exact) mass is 390 g/mol. The van der Waals surface area contributed by atoms with Gasteiger partial charge in [0.2, 0.25) is 15.9 Å². The van der Waals surface area contributed by atoms with Gasteiger partial charge < -0.3 is 9.64 Å². The highest BCUT2D eigenvalue weighted by atomic mass is 32.2. The van der Waals surface area contributed by atoms with Crippen LogP contribution in [0.25, 0.3) is 0 Å². The standard InChI is InChI=1S/C20H26N2O4S/c1-14-12-15(2)20(16(3)13-14)27(24,25)21-10-11-22(17(4)23)18-8-6-7-9-19(18)26-5/h6-9,12-13,21H,10-11H2,1-5H3. The van der Waals surface area contributed by atoms with E-state index < -0.39 is 10.0 Å². The molecular formula is C20H26N2O4S. The molecule has 0 spiro atoms. The van der Waals surface area contributed by atoms with E-state index in [0.29, 0.717) is 27.5 Å². The van der Waals surface area contributed by atoms with Gasteiger partial charge in [0, 0.05) is 20.0 Å². The molecule has 0 heterocycles. The van der Waals surface area contributed by atoms with E-state index in [1.165, 1.54) is 18.9 Å². The summed E-state index contributed by atoms with van der Waals surface area (Å²) < 4.78 is 33.4. The van der Waals surface area contributed by atoms with Gasteiger partial charge in [-0.25, -0.2) is 13.1 Å². The van der Waals surface area contributed by atoms with Crippen molar-refractivity contribution >= 4 is 21.6 Å². The number of carbonyl (C=O) groups excluding carboxylic acids is 1. The molecule has 2 aromatic carbocycles. The van der Waals surface area contributed by atoms with Gasteiger partial charge in [-0.3, -0.25) is 4.79 Å². The van der Waals surface area contributed by atoms with Crippen molar-refractivity contribution in [1.29, 1.82) is 0 Å². The predicted molar refractivity (Wildman–Crippen MR) is 107 cm³/mol. The summed E-state index contributed by atoms with van der Waals surface area (Å²) in [5.41, 5.74) is 3.03. The van der Waals surface area contributed by atoms with Crippen LogP contribution in [0.15, 0.2) is 41.3 Å². The van der Waals surface area contributed by atoms with Crippen molar-refractivity contribution in [2.75, 3.05) is 25.1 Å². The first-order valence-corrected chi connectivity index (χ1v) is 10.1. The molecule has 6 nitrogen and oxygen atoms in total. The summed E-state index contributed by atoms with van der Waals surface area (Å²) in [6, 6.07) is 10.8. The first-order valence-electron chi connectivity index (χ1n) is 8.66. The molecule has 1 N–H and O–H groups in total. The fourth-order valence-electron chi connectivity index (χ4n) is 3.25. The molecule has 2 rings (SSSR count). The van der Waals surface area contributed by atoms with Crippen molar-refractivity contribution in [3.05, 3.63) is 53.1 Å². The summed E-state index contributed by atoms with van der Waals surface area (Å²) >= 11 is 0. The number of rotatable bonds is 7. The fourth-order valence-corrected chi connectivity index (χ4v) is 4.72. The minimum Gasteiger partial charge on any atom is -0.495 e. The number of hydrogen-bond acceptors (Lipinski definition) is 4. The van der Waals surface area contributed by atoms with E-state index in [4.69, 9.17) is 4.74 Å². The summed E-state index contributed by atoms with van der Waals surface area (Å²) in [7, 11) is -2.15. The number of methoxy groups -OCH3 is 1. The molecular weight excluding hydrogens is 364 g/mol. The first-order chi connectivity index (χ1) is 12.7. The molecule has 0 saturated carbocycles. The van der Waals surface area contributed by atoms with Crippen LogP contribution in [0, 0.1) is 20.8 Å². The molecule has 1 amide bonds. The number of nitrogens with one attached hydrogen (secondary N) is 1. The van der Waals surface area contributed by atoms with Crippen molar-refractivity contribution in [1.82, 2.24) is 4.72 Å². The second-order valence-electron chi connectivity index (χ2n) is 6.47. The van der Waals surface area contributed by atoms with Crippen molar-refractivity contribution in [2.45, 2.75) is 32.6 Å². The van der Waals surface area contributed by atoms with E-state index in [1.807, 2.05) is 25.1 Å². The van der Waals surface area contributed by atoms with Crippen LogP contribution in [0.3, 0.4) is 0 Å². The molecule has 0 aliphatic rings. The van der Waals surface area contributed by atoms with E-state index in [2.05, 4.69) is 4.72 Å². The third-order valence-electron chi connectivity index (χ3n) is 4.26. The Morgan fingerprint density at radius 3 is 2.26 bits per heavy atom. The second kappa shape index (κ2) is 8.54. The lowest BCUT2D eigenvalue weighted by atomic mass is 10.1. The molecule has 7 heteroatoms. The van der Waals surface area contributed by atoms with Gasteiger partial charge in [-0.1, -0.05) is 29.8 Å². The number of benzene rings is 2. The number of nitrogens with zero attached hydrogens (tertiary/aromatic N) is 1. The van der Waals surface area contributed by atoms with Gasteiger partial charge in [0.1, 0.15) is 5.75 Å². The zero-order valence-electron chi connectivity index (χ0n) is 16.4. The normalized spacial score (nSPS) is 11.3. The van der Waals surface area contributed by atoms with Crippen LogP contribution in [-0.2, 0) is 14.8 Å². The van der Waals surface area contributed by atoms with Crippen LogP contribution in [0.2, 0.25) is 0 Å². The number of aryl methyl sites for hydroxylation is 3. The summed E-state index contributed by atoms with van der Waals surface area (Å²) in [4.78, 5) is 13.9. The highest BCUT2D eigenvalue weighted by Crippen LogP contribution is 2.27. The van der Waals surface area contributed by atoms with E-state index in [1.54, 1.807) is 32.0 Å². The molecule has 0 unspecified atom stereocenters. The topological polar surface area (TPSA) is 75.7 Å². The number of sulfonamides is 1. The summed E-state index contributed by atoms with van der Waals surface area (Å²) in [6.07, 6.45) is 0. The molecule has 0 fully saturated rings. The third-order valence-corrected chi connectivity index (χ3v) is 6.02. The lowest BCUT2D eigenvalue weighted by Gasteiger charge is -2.23. The number of hydrogen-bond donors (Lipinski definition) is 1.